The summed E-state index contributed by atoms with van der Waals surface area (Å²) >= 11 is 0. The first kappa shape index (κ1) is 27.5. The first-order valence-corrected chi connectivity index (χ1v) is 14.1. The Labute approximate surface area is 281 Å². The number of fused-ring (bicyclic) bond motifs is 3. The molecule has 8 rings (SSSR count). The van der Waals surface area contributed by atoms with Crippen LogP contribution in [0.4, 0.5) is 0 Å². The number of pyridine rings is 2. The number of furan rings is 1. The smallest absolute Gasteiger partial charge is 0.476 e. The van der Waals surface area contributed by atoms with Gasteiger partial charge >= 0.3 is 20.1 Å². The Morgan fingerprint density at radius 2 is 1.33 bits per heavy atom. The van der Waals surface area contributed by atoms with Crippen LogP contribution in [0.5, 0.6) is 0 Å². The fraction of sp³-hybridized carbons (Fsp3) is 0.0769. The van der Waals surface area contributed by atoms with E-state index in [1.807, 2.05) is 121 Å². The molecule has 0 aliphatic carbocycles. The van der Waals surface area contributed by atoms with E-state index in [-0.39, 0.29) is 26.7 Å². The van der Waals surface area contributed by atoms with E-state index in [0.717, 1.165) is 44.5 Å². The summed E-state index contributed by atoms with van der Waals surface area (Å²) in [6.07, 6.45) is 5.04. The van der Waals surface area contributed by atoms with Gasteiger partial charge in [0.1, 0.15) is 5.58 Å². The molecule has 0 bridgehead atoms. The molecule has 7 aromatic rings. The predicted octanol–water partition coefficient (Wildman–Crippen LogP) is 8.95. The number of aromatic nitrogens is 2. The Morgan fingerprint density at radius 1 is 0.689 bits per heavy atom. The number of nitrogens with zero attached hydrogens (tertiary/aromatic N) is 4. The summed E-state index contributed by atoms with van der Waals surface area (Å²) in [4.78, 5) is 16.9. The molecule has 0 saturated heterocycles. The van der Waals surface area contributed by atoms with Gasteiger partial charge < -0.3 is 19.4 Å². The van der Waals surface area contributed by atoms with Gasteiger partial charge in [0.25, 0.3) is 0 Å². The Bertz CT molecular complexity index is 1950. The number of benzene rings is 4. The summed E-state index contributed by atoms with van der Waals surface area (Å²) in [6.45, 7) is -1.85. The molecule has 0 fully saturated rings. The Balaban J connectivity index is 0.000000153. The molecule has 0 spiro atoms. The van der Waals surface area contributed by atoms with Gasteiger partial charge in [0.05, 0.1) is 11.4 Å². The summed E-state index contributed by atoms with van der Waals surface area (Å²) in [7, 11) is 0. The van der Waals surface area contributed by atoms with Gasteiger partial charge in [0, 0.05) is 35.2 Å². The van der Waals surface area contributed by atoms with Crippen LogP contribution >= 0.6 is 0 Å². The maximum atomic E-state index is 7.42. The number of amidine groups is 1. The van der Waals surface area contributed by atoms with Crippen molar-refractivity contribution < 1.29 is 28.6 Å². The molecule has 45 heavy (non-hydrogen) atoms. The van der Waals surface area contributed by atoms with Crippen molar-refractivity contribution >= 4 is 34.0 Å². The zero-order chi connectivity index (χ0) is 32.5. The Morgan fingerprint density at radius 3 is 1.89 bits per heavy atom. The van der Waals surface area contributed by atoms with Crippen LogP contribution in [-0.4, -0.2) is 28.6 Å². The monoisotopic (exact) mass is 765 g/mol. The maximum absolute atomic E-state index is 7.42. The second-order valence-electron chi connectivity index (χ2n) is 9.75. The molecule has 0 amide bonds. The minimum Gasteiger partial charge on any atom is -0.476 e. The van der Waals surface area contributed by atoms with Crippen LogP contribution in [0.2, 0.25) is 0 Å². The molecule has 1 atom stereocenters. The Hall–Kier alpha value is -5.03. The van der Waals surface area contributed by atoms with E-state index in [2.05, 4.69) is 38.2 Å². The average Bonchev–Trinajstić information content (AvgIpc) is 3.51. The summed E-state index contributed by atoms with van der Waals surface area (Å²) < 4.78 is 28.1. The standard InChI is InChI=1S/C17H13N2O.2C11H8N.Ir/c1-11-9-18-17(19-10-11)12-6-7-14-13-4-2-3-5-15(13)20-16(14)8-12;2*1-2-6-10(7-3-1)11-8-4-5-9-12-11;/h2-5,7-9,11H,10H2,1H3;2*1-6,8-9H;/q3*-1;+3/i1D3;;;. The third-order valence-corrected chi connectivity index (χ3v) is 6.67. The van der Waals surface area contributed by atoms with Gasteiger partial charge in [-0.15, -0.1) is 89.5 Å². The van der Waals surface area contributed by atoms with Crippen molar-refractivity contribution in [3.63, 3.8) is 0 Å². The Kier molecular flexibility index (Phi) is 9.55. The van der Waals surface area contributed by atoms with Crippen molar-refractivity contribution in [2.75, 3.05) is 6.54 Å². The minimum atomic E-state index is -2.06. The van der Waals surface area contributed by atoms with Crippen molar-refractivity contribution in [2.45, 2.75) is 6.85 Å². The molecular weight excluding hydrogens is 733 g/mol. The molecule has 5 nitrogen and oxygen atoms in total. The van der Waals surface area contributed by atoms with E-state index in [0.29, 0.717) is 11.4 Å². The summed E-state index contributed by atoms with van der Waals surface area (Å²) in [6, 6.07) is 48.3. The number of hydrogen-bond acceptors (Lipinski definition) is 5. The largest absolute Gasteiger partial charge is 3.00 e. The normalized spacial score (nSPS) is 14.7. The van der Waals surface area contributed by atoms with Crippen LogP contribution in [-0.2, 0) is 20.1 Å². The molecule has 1 aliphatic heterocycles. The summed E-state index contributed by atoms with van der Waals surface area (Å²) in [5, 5.41) is 2.03. The number of rotatable bonds is 3. The number of hydrogen-bond donors (Lipinski definition) is 0. The van der Waals surface area contributed by atoms with E-state index in [9.17, 15) is 0 Å². The molecule has 1 aliphatic rings. The van der Waals surface area contributed by atoms with Crippen LogP contribution in [0.3, 0.4) is 0 Å². The molecular formula is C39H29IrN4O. The van der Waals surface area contributed by atoms with E-state index >= 15 is 0 Å². The van der Waals surface area contributed by atoms with Gasteiger partial charge in [-0.25, -0.2) is 0 Å². The second kappa shape index (κ2) is 15.6. The number of aliphatic imine (C=N–C) groups is 2. The van der Waals surface area contributed by atoms with Crippen LogP contribution in [0.25, 0.3) is 44.5 Å². The zero-order valence-electron chi connectivity index (χ0n) is 27.1. The summed E-state index contributed by atoms with van der Waals surface area (Å²) in [5.74, 6) is -0.131. The van der Waals surface area contributed by atoms with Crippen LogP contribution in [0.15, 0.2) is 148 Å². The molecule has 0 saturated carbocycles. The predicted molar refractivity (Wildman–Crippen MR) is 179 cm³/mol. The van der Waals surface area contributed by atoms with Gasteiger partial charge in [-0.3, -0.25) is 4.99 Å². The van der Waals surface area contributed by atoms with Gasteiger partial charge in [0.15, 0.2) is 0 Å². The van der Waals surface area contributed by atoms with E-state index in [1.165, 1.54) is 6.21 Å². The van der Waals surface area contributed by atoms with Crippen molar-refractivity contribution in [3.05, 3.63) is 157 Å². The number of para-hydroxylation sites is 1. The van der Waals surface area contributed by atoms with E-state index in [4.69, 9.17) is 8.53 Å². The third kappa shape index (κ3) is 8.12. The molecule has 1 unspecified atom stereocenters. The van der Waals surface area contributed by atoms with E-state index < -0.39 is 12.8 Å². The first-order valence-electron chi connectivity index (χ1n) is 15.6. The topological polar surface area (TPSA) is 63.6 Å². The quantitative estimate of drug-likeness (QED) is 0.169. The molecule has 0 radical (unpaired) electrons. The zero-order valence-corrected chi connectivity index (χ0v) is 26.5. The van der Waals surface area contributed by atoms with Crippen molar-refractivity contribution in [1.29, 1.82) is 0 Å². The fourth-order valence-corrected chi connectivity index (χ4v) is 4.53. The molecule has 220 valence electrons. The van der Waals surface area contributed by atoms with Crippen molar-refractivity contribution in [1.82, 2.24) is 9.97 Å². The third-order valence-electron chi connectivity index (χ3n) is 6.67. The average molecular weight is 765 g/mol. The second-order valence-corrected chi connectivity index (χ2v) is 9.75. The van der Waals surface area contributed by atoms with Gasteiger partial charge in [0.2, 0.25) is 0 Å². The minimum absolute atomic E-state index is 0. The van der Waals surface area contributed by atoms with Crippen LogP contribution < -0.4 is 0 Å². The molecule has 0 N–H and O–H groups in total. The van der Waals surface area contributed by atoms with Crippen molar-refractivity contribution in [2.24, 2.45) is 15.9 Å². The summed E-state index contributed by atoms with van der Waals surface area (Å²) in [5.41, 5.74) is 6.30. The molecule has 4 heterocycles. The first-order chi connectivity index (χ1) is 23.0. The van der Waals surface area contributed by atoms with Gasteiger partial charge in [-0.1, -0.05) is 60.8 Å². The van der Waals surface area contributed by atoms with Crippen LogP contribution in [0.1, 0.15) is 16.5 Å². The van der Waals surface area contributed by atoms with Gasteiger partial charge in [-0.05, 0) is 35.0 Å². The van der Waals surface area contributed by atoms with Gasteiger partial charge in [-0.2, -0.15) is 0 Å². The molecule has 3 aromatic heterocycles. The van der Waals surface area contributed by atoms with Crippen LogP contribution in [0, 0.1) is 24.1 Å². The maximum Gasteiger partial charge on any atom is 3.00 e. The molecule has 6 heteroatoms. The molecule has 4 aromatic carbocycles. The van der Waals surface area contributed by atoms with Crippen molar-refractivity contribution in [3.8, 4) is 22.5 Å². The SMILES string of the molecule is [2H]C([2H])([2H])C1C=NC(c2[c-]cc3c(c2)oc2ccccc23)=NC1.[Ir+3].[c-]1ccccc1-c1ccccn1.[c-]1ccccc1-c1ccccn1. The van der Waals surface area contributed by atoms with E-state index in [1.54, 1.807) is 12.4 Å². The fourth-order valence-electron chi connectivity index (χ4n) is 4.53.